The van der Waals surface area contributed by atoms with E-state index < -0.39 is 0 Å². The lowest BCUT2D eigenvalue weighted by atomic mass is 9.88. The summed E-state index contributed by atoms with van der Waals surface area (Å²) in [6, 6.07) is 0.274. The lowest BCUT2D eigenvalue weighted by Crippen LogP contribution is -2.49. The number of methoxy groups -OCH3 is 1. The van der Waals surface area contributed by atoms with E-state index >= 15 is 0 Å². The minimum atomic E-state index is -0.0950. The van der Waals surface area contributed by atoms with Crippen LogP contribution >= 0.6 is 0 Å². The van der Waals surface area contributed by atoms with Crippen LogP contribution in [0.1, 0.15) is 48.0 Å². The second-order valence-corrected chi connectivity index (χ2v) is 7.88. The second kappa shape index (κ2) is 12.0. The minimum Gasteiger partial charge on any atom is -0.385 e. The van der Waals surface area contributed by atoms with Gasteiger partial charge in [0.2, 0.25) is 0 Å². The van der Waals surface area contributed by atoms with Crippen molar-refractivity contribution in [1.29, 1.82) is 0 Å². The summed E-state index contributed by atoms with van der Waals surface area (Å²) >= 11 is 0. The molecule has 0 spiro atoms. The van der Waals surface area contributed by atoms with Gasteiger partial charge < -0.3 is 21.1 Å². The lowest BCUT2D eigenvalue weighted by Gasteiger charge is -2.26. The van der Waals surface area contributed by atoms with Crippen LogP contribution in [0.15, 0.2) is 4.99 Å². The van der Waals surface area contributed by atoms with Crippen LogP contribution in [0.4, 0.5) is 0 Å². The summed E-state index contributed by atoms with van der Waals surface area (Å²) in [7, 11) is 1.72. The van der Waals surface area contributed by atoms with Gasteiger partial charge in [0.15, 0.2) is 0 Å². The fourth-order valence-electron chi connectivity index (χ4n) is 1.91. The maximum atomic E-state index is 6.33. The zero-order valence-corrected chi connectivity index (χ0v) is 16.4. The topological polar surface area (TPSA) is 71.7 Å². The molecule has 4 N–H and O–H groups in total. The Morgan fingerprint density at radius 2 is 1.83 bits per heavy atom. The van der Waals surface area contributed by atoms with Crippen LogP contribution < -0.4 is 16.4 Å². The van der Waals surface area contributed by atoms with E-state index in [9.17, 15) is 0 Å². The van der Waals surface area contributed by atoms with Gasteiger partial charge in [0.25, 0.3) is 0 Å². The van der Waals surface area contributed by atoms with Gasteiger partial charge in [-0.3, -0.25) is 4.99 Å². The van der Waals surface area contributed by atoms with Crippen molar-refractivity contribution in [3.8, 4) is 0 Å². The Hall–Kier alpha value is -0.490. The molecule has 0 bridgehead atoms. The smallest absolute Gasteiger partial charge is 0.0638 e. The third-order valence-electron chi connectivity index (χ3n) is 4.05. The molecule has 2 unspecified atom stereocenters. The summed E-state index contributed by atoms with van der Waals surface area (Å²) in [6.07, 6.45) is 2.91. The third-order valence-corrected chi connectivity index (χ3v) is 4.05. The molecule has 0 amide bonds. The number of aliphatic imine (C=N–C) groups is 1. The molecule has 3 atom stereocenters. The second-order valence-electron chi connectivity index (χ2n) is 7.88. The number of hydrogen-bond donors (Lipinski definition) is 3. The van der Waals surface area contributed by atoms with E-state index in [1.54, 1.807) is 7.11 Å². The first-order valence-electron chi connectivity index (χ1n) is 8.90. The van der Waals surface area contributed by atoms with E-state index in [4.69, 9.17) is 15.5 Å². The first-order valence-corrected chi connectivity index (χ1v) is 8.90. The van der Waals surface area contributed by atoms with Gasteiger partial charge in [-0.25, -0.2) is 0 Å². The average Bonchev–Trinajstić information content (AvgIpc) is 2.45. The van der Waals surface area contributed by atoms with E-state index in [-0.39, 0.29) is 23.5 Å². The zero-order valence-electron chi connectivity index (χ0n) is 16.4. The van der Waals surface area contributed by atoms with E-state index in [2.05, 4.69) is 52.2 Å². The Kier molecular flexibility index (Phi) is 11.7. The molecule has 0 aliphatic rings. The molecule has 0 aromatic carbocycles. The van der Waals surface area contributed by atoms with Crippen molar-refractivity contribution >= 4 is 6.21 Å². The van der Waals surface area contributed by atoms with Crippen molar-refractivity contribution < 1.29 is 4.74 Å². The van der Waals surface area contributed by atoms with Crippen LogP contribution in [0.2, 0.25) is 0 Å². The molecular formula is C18H40N4O. The highest BCUT2D eigenvalue weighted by molar-refractivity contribution is 5.62. The van der Waals surface area contributed by atoms with Crippen molar-refractivity contribution in [2.45, 2.75) is 60.2 Å². The predicted octanol–water partition coefficient (Wildman–Crippen LogP) is 2.26. The summed E-state index contributed by atoms with van der Waals surface area (Å²) in [6.45, 7) is 16.7. The largest absolute Gasteiger partial charge is 0.385 e. The number of nitrogens with two attached hydrogens (primary N) is 1. The normalized spacial score (nSPS) is 16.9. The number of hydrogen-bond acceptors (Lipinski definition) is 5. The first kappa shape index (κ1) is 22.5. The fraction of sp³-hybridized carbons (Fsp3) is 0.944. The lowest BCUT2D eigenvalue weighted by molar-refractivity contribution is 0.192. The molecule has 0 aromatic rings. The minimum absolute atomic E-state index is 0.0950. The molecule has 0 saturated heterocycles. The molecule has 0 saturated carbocycles. The van der Waals surface area contributed by atoms with E-state index in [0.29, 0.717) is 5.92 Å². The highest BCUT2D eigenvalue weighted by atomic mass is 16.5. The highest BCUT2D eigenvalue weighted by Crippen LogP contribution is 2.21. The Labute approximate surface area is 143 Å². The fourth-order valence-corrected chi connectivity index (χ4v) is 1.91. The molecule has 0 aliphatic carbocycles. The standard InChI is InChI=1S/C18H40N4O/c1-14(2)11-20-12-16(13-22-15(3)18(4,5)6)17(19)21-9-8-10-23-7/h13-17,20-21H,8-12,19H2,1-7H3/t15-,16?,17?/m1/s1. The van der Waals surface area contributed by atoms with E-state index in [1.165, 1.54) is 0 Å². The molecule has 23 heavy (non-hydrogen) atoms. The van der Waals surface area contributed by atoms with Crippen LogP contribution in [0.3, 0.4) is 0 Å². The van der Waals surface area contributed by atoms with Gasteiger partial charge in [-0.1, -0.05) is 34.6 Å². The summed E-state index contributed by atoms with van der Waals surface area (Å²) < 4.78 is 5.07. The molecular weight excluding hydrogens is 288 g/mol. The molecule has 0 aliphatic heterocycles. The Bertz CT molecular complexity index is 313. The molecule has 0 heterocycles. The predicted molar refractivity (Wildman–Crippen MR) is 101 cm³/mol. The summed E-state index contributed by atoms with van der Waals surface area (Å²) in [5.41, 5.74) is 6.50. The third kappa shape index (κ3) is 11.7. The molecule has 0 rings (SSSR count). The van der Waals surface area contributed by atoms with Gasteiger partial charge in [-0.15, -0.1) is 0 Å². The van der Waals surface area contributed by atoms with Crippen molar-refractivity contribution in [3.05, 3.63) is 0 Å². The van der Waals surface area contributed by atoms with Crippen molar-refractivity contribution in [3.63, 3.8) is 0 Å². The SMILES string of the molecule is COCCCNC(N)C(C=N[C@H](C)C(C)(C)C)CNCC(C)C. The molecule has 0 aromatic heterocycles. The summed E-state index contributed by atoms with van der Waals surface area (Å²) in [5.74, 6) is 0.813. The number of nitrogens with one attached hydrogen (secondary N) is 2. The molecule has 5 nitrogen and oxygen atoms in total. The van der Waals surface area contributed by atoms with E-state index in [0.717, 1.165) is 32.7 Å². The summed E-state index contributed by atoms with van der Waals surface area (Å²) in [5, 5.41) is 6.88. The molecule has 0 radical (unpaired) electrons. The Morgan fingerprint density at radius 3 is 2.35 bits per heavy atom. The van der Waals surface area contributed by atoms with Crippen molar-refractivity contribution in [1.82, 2.24) is 10.6 Å². The van der Waals surface area contributed by atoms with Crippen LogP contribution in [0.25, 0.3) is 0 Å². The monoisotopic (exact) mass is 328 g/mol. The Balaban J connectivity index is 4.56. The number of nitrogens with zero attached hydrogens (tertiary/aromatic N) is 1. The highest BCUT2D eigenvalue weighted by Gasteiger charge is 2.20. The van der Waals surface area contributed by atoms with Gasteiger partial charge in [0.1, 0.15) is 0 Å². The van der Waals surface area contributed by atoms with Crippen LogP contribution in [0, 0.1) is 17.3 Å². The maximum Gasteiger partial charge on any atom is 0.0638 e. The van der Waals surface area contributed by atoms with Crippen LogP contribution in [0.5, 0.6) is 0 Å². The van der Waals surface area contributed by atoms with Crippen molar-refractivity contribution in [2.75, 3.05) is 33.4 Å². The Morgan fingerprint density at radius 1 is 1.17 bits per heavy atom. The summed E-state index contributed by atoms with van der Waals surface area (Å²) in [4.78, 5) is 4.75. The van der Waals surface area contributed by atoms with Gasteiger partial charge in [-0.2, -0.15) is 0 Å². The average molecular weight is 329 g/mol. The van der Waals surface area contributed by atoms with Crippen LogP contribution in [-0.2, 0) is 4.74 Å². The van der Waals surface area contributed by atoms with Gasteiger partial charge in [-0.05, 0) is 37.8 Å². The molecule has 0 fully saturated rings. The number of rotatable bonds is 12. The molecule has 5 heteroatoms. The van der Waals surface area contributed by atoms with Crippen LogP contribution in [-0.4, -0.2) is 51.8 Å². The van der Waals surface area contributed by atoms with Gasteiger partial charge >= 0.3 is 0 Å². The maximum absolute atomic E-state index is 6.33. The van der Waals surface area contributed by atoms with Crippen molar-refractivity contribution in [2.24, 2.45) is 28.0 Å². The number of ether oxygens (including phenoxy) is 1. The zero-order chi connectivity index (χ0) is 17.9. The van der Waals surface area contributed by atoms with Gasteiger partial charge in [0, 0.05) is 32.4 Å². The first-order chi connectivity index (χ1) is 10.7. The quantitative estimate of drug-likeness (QED) is 0.292. The van der Waals surface area contributed by atoms with E-state index in [1.807, 2.05) is 6.21 Å². The van der Waals surface area contributed by atoms with Gasteiger partial charge in [0.05, 0.1) is 12.2 Å². The molecule has 138 valence electrons.